The Balaban J connectivity index is 2.05. The Labute approximate surface area is 137 Å². The molecule has 1 N–H and O–H groups in total. The molecule has 0 radical (unpaired) electrons. The van der Waals surface area contributed by atoms with Crippen molar-refractivity contribution in [3.05, 3.63) is 33.9 Å². The summed E-state index contributed by atoms with van der Waals surface area (Å²) < 4.78 is 11.7. The molecular weight excluding hydrogens is 348 g/mol. The lowest BCUT2D eigenvalue weighted by Crippen LogP contribution is -2.28. The minimum absolute atomic E-state index is 0.213. The highest BCUT2D eigenvalue weighted by Crippen LogP contribution is 2.29. The molecule has 22 heavy (non-hydrogen) atoms. The first kappa shape index (κ1) is 15.5. The molecule has 0 amide bonds. The fourth-order valence-corrected chi connectivity index (χ4v) is 2.97. The molecule has 1 aliphatic rings. The van der Waals surface area contributed by atoms with Gasteiger partial charge in [0.1, 0.15) is 11.3 Å². The number of benzene rings is 1. The van der Waals surface area contributed by atoms with Crippen molar-refractivity contribution < 1.29 is 9.15 Å². The van der Waals surface area contributed by atoms with Gasteiger partial charge in [-0.1, -0.05) is 15.9 Å². The van der Waals surface area contributed by atoms with Crippen LogP contribution in [0.3, 0.4) is 0 Å². The third-order valence-corrected chi connectivity index (χ3v) is 4.35. The van der Waals surface area contributed by atoms with Crippen LogP contribution in [0.4, 0.5) is 0 Å². The lowest BCUT2D eigenvalue weighted by atomic mass is 9.98. The van der Waals surface area contributed by atoms with Crippen LogP contribution in [0.15, 0.2) is 21.3 Å². The zero-order chi connectivity index (χ0) is 15.5. The number of ether oxygens (including phenoxy) is 1. The van der Waals surface area contributed by atoms with Gasteiger partial charge in [-0.3, -0.25) is 4.79 Å². The van der Waals surface area contributed by atoms with E-state index < -0.39 is 0 Å². The van der Waals surface area contributed by atoms with Gasteiger partial charge in [-0.25, -0.2) is 0 Å². The summed E-state index contributed by atoms with van der Waals surface area (Å²) in [7, 11) is 0. The molecule has 2 heterocycles. The maximum absolute atomic E-state index is 12.3. The van der Waals surface area contributed by atoms with Crippen LogP contribution >= 0.6 is 15.9 Å². The molecule has 0 aliphatic carbocycles. The molecule has 0 spiro atoms. The van der Waals surface area contributed by atoms with E-state index in [-0.39, 0.29) is 11.5 Å². The van der Waals surface area contributed by atoms with Gasteiger partial charge < -0.3 is 14.5 Å². The van der Waals surface area contributed by atoms with E-state index in [9.17, 15) is 4.79 Å². The van der Waals surface area contributed by atoms with Gasteiger partial charge in [0.2, 0.25) is 5.89 Å². The lowest BCUT2D eigenvalue weighted by molar-refractivity contribution is 0.341. The van der Waals surface area contributed by atoms with E-state index >= 15 is 0 Å². The van der Waals surface area contributed by atoms with Crippen LogP contribution in [0, 0.1) is 6.92 Å². The first-order valence-corrected chi connectivity index (χ1v) is 8.66. The molecule has 1 aromatic carbocycles. The van der Waals surface area contributed by atoms with Crippen LogP contribution in [0.2, 0.25) is 0 Å². The molecule has 1 aromatic heterocycles. The predicted octanol–water partition coefficient (Wildman–Crippen LogP) is 2.74. The van der Waals surface area contributed by atoms with Crippen molar-refractivity contribution in [1.82, 2.24) is 10.3 Å². The summed E-state index contributed by atoms with van der Waals surface area (Å²) in [6, 6.07) is 3.54. The highest BCUT2D eigenvalue weighted by atomic mass is 79.9. The Hall–Kier alpha value is -1.40. The summed E-state index contributed by atoms with van der Waals surface area (Å²) >= 11 is 3.34. The van der Waals surface area contributed by atoms with Gasteiger partial charge in [-0.2, -0.15) is 4.98 Å². The maximum atomic E-state index is 12.3. The Kier molecular flexibility index (Phi) is 4.78. The summed E-state index contributed by atoms with van der Waals surface area (Å²) in [4.78, 5) is 16.4. The lowest BCUT2D eigenvalue weighted by Gasteiger charge is -2.21. The summed E-state index contributed by atoms with van der Waals surface area (Å²) in [5, 5.41) is 4.58. The van der Waals surface area contributed by atoms with Crippen molar-refractivity contribution in [1.29, 1.82) is 0 Å². The number of piperidine rings is 1. The summed E-state index contributed by atoms with van der Waals surface area (Å²) in [5.41, 5.74) is 1.23. The van der Waals surface area contributed by atoms with E-state index in [1.807, 2.05) is 13.0 Å². The van der Waals surface area contributed by atoms with Crippen molar-refractivity contribution in [2.45, 2.75) is 25.7 Å². The molecule has 1 aliphatic heterocycles. The second kappa shape index (κ2) is 6.79. The van der Waals surface area contributed by atoms with Crippen molar-refractivity contribution in [3.8, 4) is 5.75 Å². The van der Waals surface area contributed by atoms with Crippen LogP contribution in [0.1, 0.15) is 30.2 Å². The minimum atomic E-state index is -0.218. The summed E-state index contributed by atoms with van der Waals surface area (Å²) in [5.74, 6) is 1.52. The van der Waals surface area contributed by atoms with Crippen molar-refractivity contribution in [2.24, 2.45) is 0 Å². The highest BCUT2D eigenvalue weighted by Gasteiger charge is 2.21. The normalized spacial score (nSPS) is 16.1. The van der Waals surface area contributed by atoms with Crippen molar-refractivity contribution in [3.63, 3.8) is 0 Å². The zero-order valence-corrected chi connectivity index (χ0v) is 14.1. The highest BCUT2D eigenvalue weighted by molar-refractivity contribution is 9.09. The quantitative estimate of drug-likeness (QED) is 0.842. The second-order valence-electron chi connectivity index (χ2n) is 5.48. The molecule has 3 rings (SSSR count). The topological polar surface area (TPSA) is 64.4 Å². The molecule has 0 bridgehead atoms. The monoisotopic (exact) mass is 366 g/mol. The molecule has 5 nitrogen and oxygen atoms in total. The van der Waals surface area contributed by atoms with E-state index in [2.05, 4.69) is 26.2 Å². The third kappa shape index (κ3) is 3.03. The van der Waals surface area contributed by atoms with Gasteiger partial charge in [0, 0.05) is 16.8 Å². The number of nitrogens with one attached hydrogen (secondary N) is 1. The Bertz CT molecular complexity index is 723. The first-order valence-electron chi connectivity index (χ1n) is 7.54. The molecule has 0 unspecified atom stereocenters. The minimum Gasteiger partial charge on any atom is -0.492 e. The molecule has 1 saturated heterocycles. The maximum Gasteiger partial charge on any atom is 0.283 e. The fraction of sp³-hybridized carbons (Fsp3) is 0.500. The predicted molar refractivity (Wildman–Crippen MR) is 89.1 cm³/mol. The van der Waals surface area contributed by atoms with Crippen LogP contribution < -0.4 is 15.6 Å². The molecule has 6 heteroatoms. The van der Waals surface area contributed by atoms with E-state index in [0.717, 1.165) is 42.6 Å². The molecule has 0 saturated carbocycles. The Morgan fingerprint density at radius 1 is 1.41 bits per heavy atom. The van der Waals surface area contributed by atoms with Gasteiger partial charge in [0.05, 0.1) is 12.0 Å². The second-order valence-corrected chi connectivity index (χ2v) is 6.28. The number of fused-ring (bicyclic) bond motifs is 1. The van der Waals surface area contributed by atoms with E-state index in [4.69, 9.17) is 9.15 Å². The van der Waals surface area contributed by atoms with Crippen LogP contribution in [0.5, 0.6) is 5.75 Å². The number of nitrogens with zero attached hydrogens (tertiary/aromatic N) is 1. The number of rotatable bonds is 4. The van der Waals surface area contributed by atoms with Gasteiger partial charge >= 0.3 is 0 Å². The number of aromatic nitrogens is 1. The molecular formula is C16H19BrN2O3. The Morgan fingerprint density at radius 3 is 2.91 bits per heavy atom. The van der Waals surface area contributed by atoms with E-state index in [1.54, 1.807) is 6.07 Å². The number of hydrogen-bond donors (Lipinski definition) is 1. The molecule has 1 fully saturated rings. The average Bonchev–Trinajstić information content (AvgIpc) is 2.55. The van der Waals surface area contributed by atoms with Gasteiger partial charge in [-0.15, -0.1) is 0 Å². The SMILES string of the molecule is Cc1c(OCCBr)ccc2c(=O)nc(C3CCNCC3)oc12. The Morgan fingerprint density at radius 2 is 2.18 bits per heavy atom. The number of aryl methyl sites for hydroxylation is 1. The van der Waals surface area contributed by atoms with E-state index in [1.165, 1.54) is 0 Å². The van der Waals surface area contributed by atoms with Crippen molar-refractivity contribution >= 4 is 26.9 Å². The summed E-state index contributed by atoms with van der Waals surface area (Å²) in [6.45, 7) is 4.35. The third-order valence-electron chi connectivity index (χ3n) is 4.03. The fourth-order valence-electron chi connectivity index (χ4n) is 2.81. The van der Waals surface area contributed by atoms with Crippen molar-refractivity contribution in [2.75, 3.05) is 25.0 Å². The average molecular weight is 367 g/mol. The molecule has 118 valence electrons. The van der Waals surface area contributed by atoms with Gasteiger partial charge in [-0.05, 0) is 45.0 Å². The number of halogens is 1. The van der Waals surface area contributed by atoms with Crippen LogP contribution in [-0.2, 0) is 0 Å². The number of alkyl halides is 1. The van der Waals surface area contributed by atoms with Crippen LogP contribution in [0.25, 0.3) is 11.0 Å². The molecule has 2 aromatic rings. The van der Waals surface area contributed by atoms with Gasteiger partial charge in [0.25, 0.3) is 5.56 Å². The van der Waals surface area contributed by atoms with Gasteiger partial charge in [0.15, 0.2) is 0 Å². The van der Waals surface area contributed by atoms with Crippen LogP contribution in [-0.4, -0.2) is 30.0 Å². The zero-order valence-electron chi connectivity index (χ0n) is 12.5. The smallest absolute Gasteiger partial charge is 0.283 e. The van der Waals surface area contributed by atoms with E-state index in [0.29, 0.717) is 23.5 Å². The largest absolute Gasteiger partial charge is 0.492 e. The first-order chi connectivity index (χ1) is 10.7. The number of hydrogen-bond acceptors (Lipinski definition) is 5. The summed E-state index contributed by atoms with van der Waals surface area (Å²) in [6.07, 6.45) is 1.89. The standard InChI is InChI=1S/C16H19BrN2O3/c1-10-13(21-9-6-17)3-2-12-14(10)22-16(19-15(12)20)11-4-7-18-8-5-11/h2-3,11,18H,4-9H2,1H3. The molecule has 0 atom stereocenters.